The van der Waals surface area contributed by atoms with Crippen LogP contribution in [-0.4, -0.2) is 42.2 Å². The minimum absolute atomic E-state index is 0.269. The number of piperidine rings is 1. The first-order valence-corrected chi connectivity index (χ1v) is 14.1. The Morgan fingerprint density at radius 2 is 1.89 bits per heavy atom. The summed E-state index contributed by atoms with van der Waals surface area (Å²) in [5.41, 5.74) is 3.76. The van der Waals surface area contributed by atoms with Crippen molar-refractivity contribution in [3.8, 4) is 22.8 Å². The van der Waals surface area contributed by atoms with Gasteiger partial charge in [-0.1, -0.05) is 43.4 Å². The molecule has 6 rings (SSSR count). The lowest BCUT2D eigenvalue weighted by molar-refractivity contribution is 0.265. The summed E-state index contributed by atoms with van der Waals surface area (Å²) in [6.45, 7) is 8.85. The van der Waals surface area contributed by atoms with Crippen molar-refractivity contribution in [1.82, 2.24) is 29.7 Å². The third kappa shape index (κ3) is 4.72. The standard InChI is InChI=1S/C28H34ClN7O2/c1-16-6-8-19(9-7-16)15-36-25-22(32-27(36)35-10-4-5-17(2)18(35)3)12-23(26-33-28(37)38-34-26)31-24(25)20-11-21(29)14-30-13-20/h11-14,16-19H,4-10,15H2,1-3H3,(H,33,34,37). The largest absolute Gasteiger partial charge is 0.439 e. The molecular weight excluding hydrogens is 502 g/mol. The van der Waals surface area contributed by atoms with Crippen LogP contribution in [0.25, 0.3) is 33.8 Å². The molecule has 4 aromatic rings. The van der Waals surface area contributed by atoms with Crippen LogP contribution in [0.5, 0.6) is 0 Å². The van der Waals surface area contributed by atoms with E-state index in [1.165, 1.54) is 32.1 Å². The predicted octanol–water partition coefficient (Wildman–Crippen LogP) is 5.94. The van der Waals surface area contributed by atoms with Gasteiger partial charge in [0.25, 0.3) is 0 Å². The van der Waals surface area contributed by atoms with E-state index < -0.39 is 5.76 Å². The third-order valence-corrected chi connectivity index (χ3v) is 8.78. The Hall–Kier alpha value is -3.20. The molecule has 1 saturated heterocycles. The minimum Gasteiger partial charge on any atom is -0.339 e. The van der Waals surface area contributed by atoms with E-state index in [2.05, 4.69) is 45.4 Å². The van der Waals surface area contributed by atoms with Crippen molar-refractivity contribution >= 4 is 28.6 Å². The molecule has 2 fully saturated rings. The molecule has 9 nitrogen and oxygen atoms in total. The number of imidazole rings is 1. The van der Waals surface area contributed by atoms with Crippen molar-refractivity contribution in [1.29, 1.82) is 0 Å². The normalized spacial score (nSPS) is 24.3. The topological polar surface area (TPSA) is 106 Å². The van der Waals surface area contributed by atoms with Crippen molar-refractivity contribution in [2.24, 2.45) is 17.8 Å². The van der Waals surface area contributed by atoms with Crippen molar-refractivity contribution in [3.63, 3.8) is 0 Å². The van der Waals surface area contributed by atoms with Crippen molar-refractivity contribution in [2.75, 3.05) is 11.4 Å². The average Bonchev–Trinajstić information content (AvgIpc) is 3.50. The molecule has 2 unspecified atom stereocenters. The quantitative estimate of drug-likeness (QED) is 0.337. The van der Waals surface area contributed by atoms with E-state index >= 15 is 0 Å². The van der Waals surface area contributed by atoms with Gasteiger partial charge >= 0.3 is 5.76 Å². The summed E-state index contributed by atoms with van der Waals surface area (Å²) in [6.07, 6.45) is 10.7. The van der Waals surface area contributed by atoms with E-state index in [4.69, 9.17) is 26.1 Å². The van der Waals surface area contributed by atoms with Gasteiger partial charge in [0.05, 0.1) is 21.7 Å². The number of halogens is 1. The smallest absolute Gasteiger partial charge is 0.339 e. The minimum atomic E-state index is -0.623. The van der Waals surface area contributed by atoms with Crippen molar-refractivity contribution in [3.05, 3.63) is 40.1 Å². The number of H-pyrrole nitrogens is 1. The van der Waals surface area contributed by atoms with Crippen LogP contribution < -0.4 is 10.7 Å². The first kappa shape index (κ1) is 25.1. The summed E-state index contributed by atoms with van der Waals surface area (Å²) in [5.74, 6) is 2.58. The van der Waals surface area contributed by atoms with Crippen molar-refractivity contribution < 1.29 is 4.52 Å². The second-order valence-corrected chi connectivity index (χ2v) is 11.7. The van der Waals surface area contributed by atoms with Crippen molar-refractivity contribution in [2.45, 2.75) is 71.9 Å². The van der Waals surface area contributed by atoms with E-state index in [-0.39, 0.29) is 5.82 Å². The van der Waals surface area contributed by atoms with Crippen LogP contribution in [0, 0.1) is 17.8 Å². The number of nitrogens with one attached hydrogen (secondary N) is 1. The summed E-state index contributed by atoms with van der Waals surface area (Å²) in [4.78, 5) is 31.4. The van der Waals surface area contributed by atoms with E-state index in [1.54, 1.807) is 12.4 Å². The van der Waals surface area contributed by atoms with Crippen LogP contribution in [-0.2, 0) is 6.54 Å². The third-order valence-electron chi connectivity index (χ3n) is 8.57. The molecule has 0 radical (unpaired) electrons. The summed E-state index contributed by atoms with van der Waals surface area (Å²) in [6, 6.07) is 4.14. The molecule has 200 valence electrons. The average molecular weight is 536 g/mol. The van der Waals surface area contributed by atoms with Gasteiger partial charge in [0.1, 0.15) is 5.69 Å². The number of fused-ring (bicyclic) bond motifs is 1. The maximum absolute atomic E-state index is 11.7. The Labute approximate surface area is 226 Å². The molecule has 1 saturated carbocycles. The second-order valence-electron chi connectivity index (χ2n) is 11.3. The Morgan fingerprint density at radius 1 is 1.08 bits per heavy atom. The van der Waals surface area contributed by atoms with Crippen LogP contribution in [0.15, 0.2) is 33.8 Å². The number of anilines is 1. The zero-order valence-corrected chi connectivity index (χ0v) is 22.9. The van der Waals surface area contributed by atoms with E-state index in [9.17, 15) is 4.79 Å². The molecule has 0 bridgehead atoms. The van der Waals surface area contributed by atoms with Gasteiger partial charge in [-0.25, -0.2) is 14.8 Å². The van der Waals surface area contributed by atoms with Gasteiger partial charge in [-0.3, -0.25) is 14.5 Å². The van der Waals surface area contributed by atoms with Gasteiger partial charge in [0, 0.05) is 37.1 Å². The molecular formula is C28H34ClN7O2. The number of aromatic nitrogens is 6. The maximum Gasteiger partial charge on any atom is 0.439 e. The molecule has 0 aromatic carbocycles. The van der Waals surface area contributed by atoms with Gasteiger partial charge in [-0.15, -0.1) is 0 Å². The molecule has 1 N–H and O–H groups in total. The Bertz CT molecular complexity index is 1500. The fraction of sp³-hybridized carbons (Fsp3) is 0.536. The van der Waals surface area contributed by atoms with Gasteiger partial charge in [-0.05, 0) is 62.5 Å². The lowest BCUT2D eigenvalue weighted by Gasteiger charge is -2.39. The second kappa shape index (κ2) is 10.2. The maximum atomic E-state index is 11.7. The van der Waals surface area contributed by atoms with Crippen LogP contribution in [0.4, 0.5) is 5.95 Å². The summed E-state index contributed by atoms with van der Waals surface area (Å²) in [5, 5.41) is 4.43. The van der Waals surface area contributed by atoms with E-state index in [1.807, 2.05) is 12.1 Å². The molecule has 1 aliphatic heterocycles. The number of pyridine rings is 2. The number of hydrogen-bond acceptors (Lipinski definition) is 7. The molecule has 10 heteroatoms. The molecule has 38 heavy (non-hydrogen) atoms. The fourth-order valence-electron chi connectivity index (χ4n) is 6.13. The summed E-state index contributed by atoms with van der Waals surface area (Å²) < 4.78 is 7.18. The monoisotopic (exact) mass is 535 g/mol. The van der Waals surface area contributed by atoms with E-state index in [0.717, 1.165) is 53.7 Å². The molecule has 2 atom stereocenters. The van der Waals surface area contributed by atoms with Gasteiger partial charge in [0.15, 0.2) is 0 Å². The van der Waals surface area contributed by atoms with E-state index in [0.29, 0.717) is 28.6 Å². The zero-order chi connectivity index (χ0) is 26.4. The Balaban J connectivity index is 1.58. The lowest BCUT2D eigenvalue weighted by atomic mass is 9.83. The Kier molecular flexibility index (Phi) is 6.72. The zero-order valence-electron chi connectivity index (χ0n) is 22.2. The highest BCUT2D eigenvalue weighted by Gasteiger charge is 2.31. The van der Waals surface area contributed by atoms with Gasteiger partial charge < -0.3 is 9.47 Å². The number of rotatable bonds is 5. The first-order chi connectivity index (χ1) is 18.4. The van der Waals surface area contributed by atoms with Crippen LogP contribution in [0.1, 0.15) is 59.3 Å². The molecule has 0 spiro atoms. The lowest BCUT2D eigenvalue weighted by Crippen LogP contribution is -2.44. The number of aromatic amines is 1. The molecule has 4 aromatic heterocycles. The molecule has 5 heterocycles. The number of hydrogen-bond donors (Lipinski definition) is 1. The highest BCUT2D eigenvalue weighted by atomic mass is 35.5. The molecule has 1 aliphatic carbocycles. The van der Waals surface area contributed by atoms with Crippen LogP contribution in [0.2, 0.25) is 5.02 Å². The highest BCUT2D eigenvalue weighted by molar-refractivity contribution is 6.30. The van der Waals surface area contributed by atoms with Gasteiger partial charge in [0.2, 0.25) is 11.8 Å². The predicted molar refractivity (Wildman–Crippen MR) is 148 cm³/mol. The molecule has 0 amide bonds. The SMILES string of the molecule is CC1CCC(Cn2c(N3CCCC(C)C3C)nc3cc(-c4noc(=O)[nH]4)nc(-c4cncc(Cl)c4)c32)CC1. The summed E-state index contributed by atoms with van der Waals surface area (Å²) in [7, 11) is 0. The first-order valence-electron chi connectivity index (χ1n) is 13.7. The highest BCUT2D eigenvalue weighted by Crippen LogP contribution is 2.38. The molecule has 2 aliphatic rings. The van der Waals surface area contributed by atoms with Crippen LogP contribution in [0.3, 0.4) is 0 Å². The Morgan fingerprint density at radius 3 is 2.63 bits per heavy atom. The van der Waals surface area contributed by atoms with Gasteiger partial charge in [-0.2, -0.15) is 0 Å². The van der Waals surface area contributed by atoms with Crippen LogP contribution >= 0.6 is 11.6 Å². The fourth-order valence-corrected chi connectivity index (χ4v) is 6.30. The number of nitrogens with zero attached hydrogens (tertiary/aromatic N) is 6. The summed E-state index contributed by atoms with van der Waals surface area (Å²) >= 11 is 6.38.